The van der Waals surface area contributed by atoms with Crippen molar-refractivity contribution in [1.29, 1.82) is 21.0 Å². The van der Waals surface area contributed by atoms with E-state index in [2.05, 4.69) is 0 Å². The lowest BCUT2D eigenvalue weighted by molar-refractivity contribution is -0.653. The minimum absolute atomic E-state index is 0.575. The van der Waals surface area contributed by atoms with Gasteiger partial charge in [0.25, 0.3) is 0 Å². The Morgan fingerprint density at radius 2 is 0.864 bits per heavy atom. The number of nitrogens with zero attached hydrogens (tertiary/aromatic N) is 4. The van der Waals surface area contributed by atoms with Gasteiger partial charge in [0.05, 0.1) is 76.1 Å². The molecule has 9 heteroatoms. The van der Waals surface area contributed by atoms with E-state index < -0.39 is 6.16 Å². The van der Waals surface area contributed by atoms with Crippen molar-refractivity contribution in [1.82, 2.24) is 0 Å². The largest absolute Gasteiger partial charge is 0.652 e. The van der Waals surface area contributed by atoms with Crippen LogP contribution in [-0.2, 0) is 0 Å². The molecule has 0 atom stereocenters. The van der Waals surface area contributed by atoms with Crippen LogP contribution in [0.15, 0.2) is 0 Å². The van der Waals surface area contributed by atoms with Gasteiger partial charge >= 0.3 is 0 Å². The molecule has 0 radical (unpaired) electrons. The van der Waals surface area contributed by atoms with Crippen molar-refractivity contribution in [2.75, 3.05) is 26.2 Å². The van der Waals surface area contributed by atoms with Gasteiger partial charge in [-0.05, 0) is 6.16 Å². The van der Waals surface area contributed by atoms with Gasteiger partial charge in [-0.2, -0.15) is 21.0 Å². The molecule has 0 spiro atoms. The summed E-state index contributed by atoms with van der Waals surface area (Å²) in [4.78, 5) is 8.33. The second kappa shape index (κ2) is 26.7. The molecule has 0 unspecified atom stereocenters. The fourth-order valence-electron chi connectivity index (χ4n) is 0.955. The Morgan fingerprint density at radius 1 is 0.682 bits per heavy atom. The summed E-state index contributed by atoms with van der Waals surface area (Å²) in [6.45, 7) is 3.27. The van der Waals surface area contributed by atoms with Crippen LogP contribution in [0.1, 0.15) is 25.7 Å². The molecule has 0 amide bonds. The van der Waals surface area contributed by atoms with Crippen LogP contribution in [-0.4, -0.2) is 32.3 Å². The third kappa shape index (κ3) is 53.4. The fraction of sp³-hybridized carbons (Fsp3) is 0.615. The summed E-state index contributed by atoms with van der Waals surface area (Å²) in [5, 5.41) is 53.0. The van der Waals surface area contributed by atoms with Crippen LogP contribution in [0.5, 0.6) is 0 Å². The van der Waals surface area contributed by atoms with Crippen LogP contribution in [0, 0.1) is 45.3 Å². The second-order valence-corrected chi connectivity index (χ2v) is 3.61. The van der Waals surface area contributed by atoms with Gasteiger partial charge in [0, 0.05) is 0 Å². The second-order valence-electron chi connectivity index (χ2n) is 3.61. The van der Waals surface area contributed by atoms with E-state index in [0.717, 1.165) is 26.2 Å². The highest BCUT2D eigenvalue weighted by atomic mass is 16.6. The molecule has 0 heterocycles. The molecule has 120 valence electrons. The molecule has 0 saturated heterocycles. The third-order valence-corrected chi connectivity index (χ3v) is 1.84. The Balaban J connectivity index is -0.000000266. The highest BCUT2D eigenvalue weighted by Gasteiger charge is 1.87. The zero-order valence-corrected chi connectivity index (χ0v) is 12.3. The van der Waals surface area contributed by atoms with E-state index >= 15 is 0 Å². The number of carbonyl (C=O) groups excluding carboxylic acids is 1. The predicted octanol–water partition coefficient (Wildman–Crippen LogP) is -3.69. The van der Waals surface area contributed by atoms with Crippen molar-refractivity contribution in [3.05, 3.63) is 0 Å². The molecule has 9 nitrogen and oxygen atoms in total. The maximum absolute atomic E-state index is 8.33. The molecule has 0 rings (SSSR count). The zero-order valence-electron chi connectivity index (χ0n) is 12.3. The summed E-state index contributed by atoms with van der Waals surface area (Å²) >= 11 is 0. The molecule has 4 N–H and O–H groups in total. The average Bonchev–Trinajstić information content (AvgIpc) is 2.47. The number of quaternary nitrogens is 2. The van der Waals surface area contributed by atoms with Gasteiger partial charge in [-0.25, -0.2) is 0 Å². The van der Waals surface area contributed by atoms with Crippen LogP contribution in [0.25, 0.3) is 0 Å². The minimum atomic E-state index is -2.33. The number of carbonyl (C=O) groups is 1. The van der Waals surface area contributed by atoms with Crippen molar-refractivity contribution in [2.45, 2.75) is 25.7 Å². The number of nitrogens with two attached hydrogens (primary N) is 2. The standard InChI is InChI=1S/2C6H9N3.CH2O3/c2*7-3-1-5-9-6-2-4-8;2-1(3)4/h2*9H,1-2,5-6H2;(H2,2,3,4). The molecule has 22 heavy (non-hydrogen) atoms. The average molecular weight is 308 g/mol. The Kier molecular flexibility index (Phi) is 29.3. The van der Waals surface area contributed by atoms with Crippen molar-refractivity contribution >= 4 is 6.16 Å². The van der Waals surface area contributed by atoms with E-state index in [1.54, 1.807) is 0 Å². The lowest BCUT2D eigenvalue weighted by Crippen LogP contribution is -2.84. The molecular weight excluding hydrogens is 288 g/mol. The van der Waals surface area contributed by atoms with Crippen molar-refractivity contribution in [2.24, 2.45) is 0 Å². The summed E-state index contributed by atoms with van der Waals surface area (Å²) in [6, 6.07) is 8.12. The van der Waals surface area contributed by atoms with Crippen molar-refractivity contribution < 1.29 is 25.6 Å². The van der Waals surface area contributed by atoms with Gasteiger partial charge in [0.2, 0.25) is 0 Å². The van der Waals surface area contributed by atoms with E-state index in [1.165, 1.54) is 0 Å². The van der Waals surface area contributed by atoms with Gasteiger partial charge in [0.15, 0.2) is 0 Å². The van der Waals surface area contributed by atoms with Crippen LogP contribution in [0.2, 0.25) is 0 Å². The van der Waals surface area contributed by atoms with Crippen LogP contribution < -0.4 is 20.8 Å². The number of rotatable bonds is 8. The number of hydrogen-bond acceptors (Lipinski definition) is 7. The molecule has 0 aliphatic rings. The van der Waals surface area contributed by atoms with Gasteiger partial charge in [0.1, 0.15) is 0 Å². The lowest BCUT2D eigenvalue weighted by atomic mass is 10.4. The first-order chi connectivity index (χ1) is 10.6. The smallest absolute Gasteiger partial charge is 0.0887 e. The SMILES string of the molecule is N#CCC[NH2+]CCC#N.N#CCC[NH2+]CCC#N.O=C([O-])[O-]. The number of hydrogen-bond donors (Lipinski definition) is 2. The third-order valence-electron chi connectivity index (χ3n) is 1.84. The van der Waals surface area contributed by atoms with Gasteiger partial charge in [-0.1, -0.05) is 0 Å². The van der Waals surface area contributed by atoms with E-state index in [-0.39, 0.29) is 0 Å². The van der Waals surface area contributed by atoms with Gasteiger partial charge < -0.3 is 25.6 Å². The Morgan fingerprint density at radius 3 is 1.00 bits per heavy atom. The molecule has 0 fully saturated rings. The predicted molar refractivity (Wildman–Crippen MR) is 69.6 cm³/mol. The molecule has 0 aromatic heterocycles. The molecule has 0 aromatic rings. The van der Waals surface area contributed by atoms with Crippen molar-refractivity contribution in [3.63, 3.8) is 0 Å². The monoisotopic (exact) mass is 308 g/mol. The van der Waals surface area contributed by atoms with Crippen molar-refractivity contribution in [3.8, 4) is 24.3 Å². The van der Waals surface area contributed by atoms with Crippen LogP contribution in [0.3, 0.4) is 0 Å². The van der Waals surface area contributed by atoms with E-state index in [9.17, 15) is 0 Å². The highest BCUT2D eigenvalue weighted by Crippen LogP contribution is 1.64. The van der Waals surface area contributed by atoms with Crippen LogP contribution >= 0.6 is 0 Å². The van der Waals surface area contributed by atoms with E-state index in [4.69, 9.17) is 36.1 Å². The summed E-state index contributed by atoms with van der Waals surface area (Å²) in [7, 11) is 0. The first-order valence-electron chi connectivity index (χ1n) is 6.55. The Hall–Kier alpha value is -2.85. The minimum Gasteiger partial charge on any atom is -0.652 e. The Labute approximate surface area is 130 Å². The first kappa shape index (κ1) is 24.2. The van der Waals surface area contributed by atoms with E-state index in [1.807, 2.05) is 34.9 Å². The van der Waals surface area contributed by atoms with Crippen LogP contribution in [0.4, 0.5) is 4.79 Å². The number of nitriles is 4. The van der Waals surface area contributed by atoms with Gasteiger partial charge in [-0.15, -0.1) is 0 Å². The molecule has 0 aliphatic heterocycles. The molecule has 0 aromatic carbocycles. The maximum atomic E-state index is 8.33. The summed E-state index contributed by atoms with van der Waals surface area (Å²) in [5.74, 6) is 0. The van der Waals surface area contributed by atoms with Gasteiger partial charge in [-0.3, -0.25) is 0 Å². The van der Waals surface area contributed by atoms with E-state index in [0.29, 0.717) is 25.7 Å². The maximum Gasteiger partial charge on any atom is 0.0887 e. The number of carboxylic acid groups (broad SMARTS) is 2. The highest BCUT2D eigenvalue weighted by molar-refractivity contribution is 5.47. The zero-order chi connectivity index (χ0) is 17.5. The molecule has 0 bridgehead atoms. The fourth-order valence-corrected chi connectivity index (χ4v) is 0.955. The topological polar surface area (TPSA) is 192 Å². The molecular formula is C13H20N6O3. The summed E-state index contributed by atoms with van der Waals surface area (Å²) < 4.78 is 0. The summed E-state index contributed by atoms with van der Waals surface area (Å²) in [6.07, 6.45) is -0.0340. The normalized spacial score (nSPS) is 7.45. The lowest BCUT2D eigenvalue weighted by Gasteiger charge is -1.96. The summed E-state index contributed by atoms with van der Waals surface area (Å²) in [5.41, 5.74) is 0. The quantitative estimate of drug-likeness (QED) is 0.431. The molecule has 0 saturated carbocycles. The first-order valence-corrected chi connectivity index (χ1v) is 6.55. The Bertz CT molecular complexity index is 343. The molecule has 0 aliphatic carbocycles.